The molecule has 0 unspecified atom stereocenters. The van der Waals surface area contributed by atoms with E-state index in [4.69, 9.17) is 10.2 Å². The van der Waals surface area contributed by atoms with Crippen LogP contribution in [0.25, 0.3) is 32.9 Å². The summed E-state index contributed by atoms with van der Waals surface area (Å²) in [4.78, 5) is 35.1. The summed E-state index contributed by atoms with van der Waals surface area (Å²) in [7, 11) is 1.81. The number of piperidine rings is 1. The molecule has 5 rings (SSSR count). The van der Waals surface area contributed by atoms with Crippen molar-refractivity contribution in [2.75, 3.05) is 26.2 Å². The first-order valence-corrected chi connectivity index (χ1v) is 12.4. The van der Waals surface area contributed by atoms with Gasteiger partial charge in [0.1, 0.15) is 18.9 Å². The molecular formula is C26H28FN7O4. The number of halogens is 1. The van der Waals surface area contributed by atoms with Crippen molar-refractivity contribution in [3.63, 3.8) is 0 Å². The third-order valence-electron chi connectivity index (χ3n) is 6.83. The van der Waals surface area contributed by atoms with Gasteiger partial charge in [-0.2, -0.15) is 10.2 Å². The van der Waals surface area contributed by atoms with Crippen LogP contribution in [0.3, 0.4) is 0 Å². The number of aromatic nitrogens is 4. The van der Waals surface area contributed by atoms with Crippen LogP contribution in [0.5, 0.6) is 0 Å². The predicted molar refractivity (Wildman–Crippen MR) is 138 cm³/mol. The molecule has 0 bridgehead atoms. The molecule has 4 aromatic rings. The first kappa shape index (κ1) is 25.3. The molecule has 2 aromatic carbocycles. The Labute approximate surface area is 217 Å². The van der Waals surface area contributed by atoms with Gasteiger partial charge in [0.25, 0.3) is 0 Å². The van der Waals surface area contributed by atoms with Crippen LogP contribution in [0.2, 0.25) is 0 Å². The molecule has 12 heteroatoms. The molecule has 11 nitrogen and oxygen atoms in total. The van der Waals surface area contributed by atoms with E-state index >= 15 is 4.39 Å². The molecule has 1 saturated heterocycles. The minimum absolute atomic E-state index is 0.134. The number of nitrogens with one attached hydrogen (secondary N) is 3. The molecule has 4 N–H and O–H groups in total. The first-order chi connectivity index (χ1) is 18.3. The SMILES string of the molecule is Cn1ncc2cc(F)c(-c3cccc4c3c(C3CCNCC3)nn4CC(=O)NCC(=O)NCC(=O)O)cc21. The lowest BCUT2D eigenvalue weighted by molar-refractivity contribution is -0.137. The van der Waals surface area contributed by atoms with Crippen LogP contribution in [0.4, 0.5) is 4.39 Å². The second-order valence-corrected chi connectivity index (χ2v) is 9.37. The molecule has 1 aliphatic heterocycles. The fourth-order valence-electron chi connectivity index (χ4n) is 4.97. The van der Waals surface area contributed by atoms with Crippen molar-refractivity contribution < 1.29 is 23.9 Å². The lowest BCUT2D eigenvalue weighted by Crippen LogP contribution is -2.40. The van der Waals surface area contributed by atoms with Crippen LogP contribution in [0.15, 0.2) is 36.5 Å². The monoisotopic (exact) mass is 521 g/mol. The van der Waals surface area contributed by atoms with Crippen LogP contribution in [0, 0.1) is 5.82 Å². The maximum atomic E-state index is 15.4. The maximum Gasteiger partial charge on any atom is 0.322 e. The minimum atomic E-state index is -1.17. The van der Waals surface area contributed by atoms with Crippen molar-refractivity contribution in [2.24, 2.45) is 7.05 Å². The molecule has 0 radical (unpaired) electrons. The summed E-state index contributed by atoms with van der Waals surface area (Å²) in [6.45, 7) is 0.640. The van der Waals surface area contributed by atoms with E-state index in [9.17, 15) is 14.4 Å². The van der Waals surface area contributed by atoms with Gasteiger partial charge in [-0.15, -0.1) is 0 Å². The van der Waals surface area contributed by atoms with Gasteiger partial charge < -0.3 is 21.1 Å². The van der Waals surface area contributed by atoms with Gasteiger partial charge in [-0.05, 0) is 49.7 Å². The Balaban J connectivity index is 1.52. The lowest BCUT2D eigenvalue weighted by Gasteiger charge is -2.21. The number of hydrogen-bond acceptors (Lipinski definition) is 6. The summed E-state index contributed by atoms with van der Waals surface area (Å²) in [6, 6.07) is 8.80. The highest BCUT2D eigenvalue weighted by molar-refractivity contribution is 6.00. The van der Waals surface area contributed by atoms with E-state index in [2.05, 4.69) is 21.0 Å². The summed E-state index contributed by atoms with van der Waals surface area (Å²) in [5.41, 5.74) is 3.42. The molecule has 38 heavy (non-hydrogen) atoms. The number of nitrogens with zero attached hydrogens (tertiary/aromatic N) is 4. The highest BCUT2D eigenvalue weighted by atomic mass is 19.1. The molecule has 198 valence electrons. The molecule has 0 saturated carbocycles. The fourth-order valence-corrected chi connectivity index (χ4v) is 4.97. The topological polar surface area (TPSA) is 143 Å². The van der Waals surface area contributed by atoms with Crippen LogP contribution in [-0.2, 0) is 28.0 Å². The summed E-state index contributed by atoms with van der Waals surface area (Å²) in [5.74, 6) is -2.47. The standard InChI is InChI=1S/C26H28FN7O4/c1-33-21-10-18(19(27)9-16(21)11-31-33)17-3-2-4-20-25(17)26(15-5-7-28-8-6-15)32-34(20)14-23(36)29-12-22(35)30-13-24(37)38/h2-4,9-11,15,28H,5-8,12-14H2,1H3,(H,29,36)(H,30,35)(H,37,38). The molecule has 1 aliphatic rings. The van der Waals surface area contributed by atoms with E-state index in [0.29, 0.717) is 22.0 Å². The normalized spacial score (nSPS) is 14.2. The number of carboxylic acid groups (broad SMARTS) is 1. The zero-order valence-electron chi connectivity index (χ0n) is 20.8. The van der Waals surface area contributed by atoms with E-state index in [1.54, 1.807) is 21.6 Å². The summed E-state index contributed by atoms with van der Waals surface area (Å²) in [5, 5.41) is 27.3. The number of benzene rings is 2. The van der Waals surface area contributed by atoms with Crippen molar-refractivity contribution in [2.45, 2.75) is 25.3 Å². The zero-order valence-corrected chi connectivity index (χ0v) is 20.8. The molecule has 1 fully saturated rings. The zero-order chi connectivity index (χ0) is 26.8. The number of aryl methyl sites for hydroxylation is 1. The molecule has 3 heterocycles. The fraction of sp³-hybridized carbons (Fsp3) is 0.346. The Morgan fingerprint density at radius 2 is 1.84 bits per heavy atom. The highest BCUT2D eigenvalue weighted by Crippen LogP contribution is 2.39. The van der Waals surface area contributed by atoms with Crippen LogP contribution in [0.1, 0.15) is 24.5 Å². The molecule has 0 spiro atoms. The van der Waals surface area contributed by atoms with E-state index in [1.165, 1.54) is 6.07 Å². The van der Waals surface area contributed by atoms with Gasteiger partial charge >= 0.3 is 5.97 Å². The number of aliphatic carboxylic acids is 1. The predicted octanol–water partition coefficient (Wildman–Crippen LogP) is 1.51. The van der Waals surface area contributed by atoms with Crippen molar-refractivity contribution >= 4 is 39.6 Å². The minimum Gasteiger partial charge on any atom is -0.480 e. The van der Waals surface area contributed by atoms with Crippen LogP contribution >= 0.6 is 0 Å². The number of hydrogen-bond donors (Lipinski definition) is 4. The molecular weight excluding hydrogens is 493 g/mol. The molecule has 2 amide bonds. The van der Waals surface area contributed by atoms with E-state index < -0.39 is 24.3 Å². The first-order valence-electron chi connectivity index (χ1n) is 12.4. The van der Waals surface area contributed by atoms with Gasteiger partial charge in [0, 0.05) is 29.3 Å². The average molecular weight is 522 g/mol. The smallest absolute Gasteiger partial charge is 0.322 e. The Bertz CT molecular complexity index is 1540. The summed E-state index contributed by atoms with van der Waals surface area (Å²) >= 11 is 0. The number of carboxylic acids is 1. The summed E-state index contributed by atoms with van der Waals surface area (Å²) in [6.07, 6.45) is 3.35. The van der Waals surface area contributed by atoms with Crippen LogP contribution in [-0.4, -0.2) is 68.6 Å². The largest absolute Gasteiger partial charge is 0.480 e. The van der Waals surface area contributed by atoms with Crippen molar-refractivity contribution in [1.82, 2.24) is 35.5 Å². The van der Waals surface area contributed by atoms with Gasteiger partial charge in [-0.25, -0.2) is 4.39 Å². The molecule has 0 aliphatic carbocycles. The number of carbonyl (C=O) groups is 3. The third kappa shape index (κ3) is 5.07. The second kappa shape index (κ2) is 10.6. The number of carbonyl (C=O) groups excluding carboxylic acids is 2. The highest BCUT2D eigenvalue weighted by Gasteiger charge is 2.26. The Kier molecular flexibility index (Phi) is 7.05. The van der Waals surface area contributed by atoms with Crippen molar-refractivity contribution in [3.05, 3.63) is 48.0 Å². The van der Waals surface area contributed by atoms with Gasteiger partial charge in [-0.3, -0.25) is 23.7 Å². The summed E-state index contributed by atoms with van der Waals surface area (Å²) < 4.78 is 18.7. The van der Waals surface area contributed by atoms with Crippen molar-refractivity contribution in [3.8, 4) is 11.1 Å². The number of fused-ring (bicyclic) bond motifs is 2. The quantitative estimate of drug-likeness (QED) is 0.275. The van der Waals surface area contributed by atoms with Crippen molar-refractivity contribution in [1.29, 1.82) is 0 Å². The van der Waals surface area contributed by atoms with Gasteiger partial charge in [0.05, 0.1) is 29.5 Å². The molecule has 2 aromatic heterocycles. The second-order valence-electron chi connectivity index (χ2n) is 9.37. The van der Waals surface area contributed by atoms with E-state index in [1.807, 2.05) is 25.2 Å². The van der Waals surface area contributed by atoms with Crippen LogP contribution < -0.4 is 16.0 Å². The lowest BCUT2D eigenvalue weighted by atomic mass is 9.89. The Morgan fingerprint density at radius 3 is 2.61 bits per heavy atom. The number of amides is 2. The Morgan fingerprint density at radius 1 is 1.08 bits per heavy atom. The number of rotatable bonds is 8. The van der Waals surface area contributed by atoms with Gasteiger partial charge in [0.2, 0.25) is 11.8 Å². The average Bonchev–Trinajstić information content (AvgIpc) is 3.46. The third-order valence-corrected chi connectivity index (χ3v) is 6.83. The Hall–Kier alpha value is -4.32. The molecule has 0 atom stereocenters. The van der Waals surface area contributed by atoms with Gasteiger partial charge in [0.15, 0.2) is 0 Å². The van der Waals surface area contributed by atoms with Gasteiger partial charge in [-0.1, -0.05) is 12.1 Å². The van der Waals surface area contributed by atoms with E-state index in [0.717, 1.165) is 42.5 Å². The maximum absolute atomic E-state index is 15.4. The van der Waals surface area contributed by atoms with E-state index in [-0.39, 0.29) is 24.8 Å².